The summed E-state index contributed by atoms with van der Waals surface area (Å²) in [6.45, 7) is 2.09. The van der Waals surface area contributed by atoms with E-state index in [1.165, 1.54) is 0 Å². The summed E-state index contributed by atoms with van der Waals surface area (Å²) in [6.07, 6.45) is 5.16. The number of carboxylic acid groups (broad SMARTS) is 2. The Morgan fingerprint density at radius 2 is 1.44 bits per heavy atom. The Balaban J connectivity index is -0.000000845. The Morgan fingerprint density at radius 1 is 1.00 bits per heavy atom. The average molecular weight is 250 g/mol. The number of hydrogen-bond acceptors (Lipinski definition) is 2. The van der Waals surface area contributed by atoms with Crippen molar-refractivity contribution >= 4 is 82.2 Å². The Morgan fingerprint density at radius 3 is 1.81 bits per heavy atom. The molecule has 0 unspecified atom stereocenters. The van der Waals surface area contributed by atoms with Crippen LogP contribution in [0.25, 0.3) is 0 Å². The molecule has 0 aromatic heterocycles. The molecule has 4 nitrogen and oxygen atoms in total. The summed E-state index contributed by atoms with van der Waals surface area (Å²) in [5.41, 5.74) is 0. The van der Waals surface area contributed by atoms with E-state index < -0.39 is 17.9 Å². The van der Waals surface area contributed by atoms with Gasteiger partial charge in [-0.1, -0.05) is 39.0 Å². The van der Waals surface area contributed by atoms with Crippen molar-refractivity contribution in [2.75, 3.05) is 0 Å². The van der Waals surface area contributed by atoms with Crippen molar-refractivity contribution in [2.24, 2.45) is 5.92 Å². The fourth-order valence-corrected chi connectivity index (χ4v) is 1.30. The number of aliphatic carboxylic acids is 2. The van der Waals surface area contributed by atoms with Gasteiger partial charge in [-0.15, -0.1) is 0 Å². The summed E-state index contributed by atoms with van der Waals surface area (Å²) >= 11 is 0. The number of unbranched alkanes of at least 4 members (excludes halogenated alkanes) is 4. The van der Waals surface area contributed by atoms with Gasteiger partial charge in [-0.2, -0.15) is 0 Å². The van der Waals surface area contributed by atoms with E-state index in [1.807, 2.05) is 0 Å². The number of carbonyl (C=O) groups is 2. The summed E-state index contributed by atoms with van der Waals surface area (Å²) in [7, 11) is 0. The van der Waals surface area contributed by atoms with Gasteiger partial charge in [0.15, 0.2) is 5.92 Å². The van der Waals surface area contributed by atoms with Crippen molar-refractivity contribution in [1.82, 2.24) is 0 Å². The first-order valence-electron chi connectivity index (χ1n) is 5.05. The molecule has 0 fully saturated rings. The second kappa shape index (κ2) is 14.2. The van der Waals surface area contributed by atoms with Crippen molar-refractivity contribution in [1.29, 1.82) is 0 Å². The monoisotopic (exact) mass is 250 g/mol. The molecular weight excluding hydrogens is 230 g/mol. The first-order chi connectivity index (χ1) is 6.59. The van der Waals surface area contributed by atoms with E-state index in [4.69, 9.17) is 10.2 Å². The minimum absolute atomic E-state index is 0. The van der Waals surface area contributed by atoms with Gasteiger partial charge in [0.1, 0.15) is 0 Å². The van der Waals surface area contributed by atoms with Crippen LogP contribution < -0.4 is 0 Å². The van der Waals surface area contributed by atoms with Gasteiger partial charge in [0, 0.05) is 0 Å². The maximum absolute atomic E-state index is 10.5. The fraction of sp³-hybridized carbons (Fsp3) is 0.800. The normalized spacial score (nSPS) is 9.12. The third kappa shape index (κ3) is 11.7. The topological polar surface area (TPSA) is 74.6 Å². The Labute approximate surface area is 151 Å². The Hall–Kier alpha value is 1.17. The maximum atomic E-state index is 10.5. The molecule has 0 aliphatic rings. The van der Waals surface area contributed by atoms with E-state index in [2.05, 4.69) is 6.92 Å². The van der Waals surface area contributed by atoms with E-state index in [9.17, 15) is 9.59 Å². The van der Waals surface area contributed by atoms with Crippen molar-refractivity contribution < 1.29 is 19.8 Å². The summed E-state index contributed by atoms with van der Waals surface area (Å²) in [5.74, 6) is -3.68. The Kier molecular flexibility index (Phi) is 19.9. The van der Waals surface area contributed by atoms with Gasteiger partial charge in [-0.05, 0) is 6.42 Å². The van der Waals surface area contributed by atoms with E-state index in [0.29, 0.717) is 6.42 Å². The van der Waals surface area contributed by atoms with E-state index in [1.54, 1.807) is 0 Å². The van der Waals surface area contributed by atoms with Gasteiger partial charge in [0.25, 0.3) is 0 Å². The van der Waals surface area contributed by atoms with Crippen LogP contribution in [0.5, 0.6) is 0 Å². The van der Waals surface area contributed by atoms with Crippen molar-refractivity contribution in [3.63, 3.8) is 0 Å². The molecule has 0 aromatic rings. The van der Waals surface area contributed by atoms with Gasteiger partial charge in [0.05, 0.1) is 0 Å². The average Bonchev–Trinajstić information content (AvgIpc) is 2.09. The zero-order chi connectivity index (χ0) is 11.0. The predicted molar refractivity (Wildman–Crippen MR) is 66.4 cm³/mol. The molecule has 0 radical (unpaired) electrons. The molecule has 6 heteroatoms. The molecule has 0 saturated carbocycles. The van der Waals surface area contributed by atoms with Gasteiger partial charge in [-0.25, -0.2) is 0 Å². The molecule has 0 rings (SSSR count). The zero-order valence-corrected chi connectivity index (χ0v) is 8.53. The molecule has 86 valence electrons. The van der Waals surface area contributed by atoms with Crippen LogP contribution in [-0.4, -0.2) is 92.4 Å². The molecule has 0 spiro atoms. The molecule has 0 atom stereocenters. The van der Waals surface area contributed by atoms with Gasteiger partial charge >= 0.3 is 82.2 Å². The third-order valence-corrected chi connectivity index (χ3v) is 2.19. The van der Waals surface area contributed by atoms with Crippen molar-refractivity contribution in [3.8, 4) is 0 Å². The molecule has 0 aromatic carbocycles. The van der Waals surface area contributed by atoms with E-state index >= 15 is 0 Å². The van der Waals surface area contributed by atoms with E-state index in [0.717, 1.165) is 25.7 Å². The molecule has 0 heterocycles. The summed E-state index contributed by atoms with van der Waals surface area (Å²) in [6, 6.07) is 0. The SMILES string of the molecule is CCCCCCCC(C(=O)O)C(=O)O.[KH].[LiH]. The molecule has 0 saturated heterocycles. The Bertz CT molecular complexity index is 185. The molecule has 0 bridgehead atoms. The molecule has 2 N–H and O–H groups in total. The predicted octanol–water partition coefficient (Wildman–Crippen LogP) is 0.835. The summed E-state index contributed by atoms with van der Waals surface area (Å²) in [5, 5.41) is 17.1. The van der Waals surface area contributed by atoms with Gasteiger partial charge < -0.3 is 10.2 Å². The van der Waals surface area contributed by atoms with Crippen LogP contribution >= 0.6 is 0 Å². The van der Waals surface area contributed by atoms with Crippen LogP contribution in [0.15, 0.2) is 0 Å². The first-order valence-corrected chi connectivity index (χ1v) is 5.05. The molecule has 16 heavy (non-hydrogen) atoms. The van der Waals surface area contributed by atoms with Crippen LogP contribution in [-0.2, 0) is 9.59 Å². The number of hydrogen-bond donors (Lipinski definition) is 2. The summed E-state index contributed by atoms with van der Waals surface area (Å²) < 4.78 is 0. The second-order valence-electron chi connectivity index (χ2n) is 3.43. The number of carboxylic acids is 2. The molecular formula is C10H20KLiO4. The standard InChI is InChI=1S/C10H18O4.K.Li.2H/c1-2-3-4-5-6-7-8(9(11)12)10(13)14;;;;/h8H,2-7H2,1H3,(H,11,12)(H,13,14);;;;. The second-order valence-corrected chi connectivity index (χ2v) is 3.43. The van der Waals surface area contributed by atoms with Crippen LogP contribution in [0.3, 0.4) is 0 Å². The fourth-order valence-electron chi connectivity index (χ4n) is 1.30. The zero-order valence-electron chi connectivity index (χ0n) is 8.53. The molecule has 0 aliphatic carbocycles. The van der Waals surface area contributed by atoms with Crippen LogP contribution in [0.1, 0.15) is 45.4 Å². The van der Waals surface area contributed by atoms with Gasteiger partial charge in [-0.3, -0.25) is 9.59 Å². The van der Waals surface area contributed by atoms with E-state index in [-0.39, 0.29) is 76.7 Å². The van der Waals surface area contributed by atoms with Crippen molar-refractivity contribution in [2.45, 2.75) is 45.4 Å². The van der Waals surface area contributed by atoms with Gasteiger partial charge in [0.2, 0.25) is 0 Å². The first kappa shape index (κ1) is 22.4. The minimum atomic E-state index is -1.23. The number of rotatable bonds is 8. The third-order valence-electron chi connectivity index (χ3n) is 2.19. The molecule has 0 amide bonds. The van der Waals surface area contributed by atoms with Crippen LogP contribution in [0.4, 0.5) is 0 Å². The summed E-state index contributed by atoms with van der Waals surface area (Å²) in [4.78, 5) is 21.0. The quantitative estimate of drug-likeness (QED) is 0.380. The van der Waals surface area contributed by atoms with Crippen molar-refractivity contribution in [3.05, 3.63) is 0 Å². The molecule has 0 aliphatic heterocycles. The van der Waals surface area contributed by atoms with Crippen LogP contribution in [0, 0.1) is 5.92 Å². The van der Waals surface area contributed by atoms with Crippen LogP contribution in [0.2, 0.25) is 0 Å².